The van der Waals surface area contributed by atoms with Crippen LogP contribution in [-0.2, 0) is 6.54 Å². The van der Waals surface area contributed by atoms with Gasteiger partial charge in [-0.25, -0.2) is 4.98 Å². The van der Waals surface area contributed by atoms with Gasteiger partial charge in [0.1, 0.15) is 5.82 Å². The third kappa shape index (κ3) is 5.51. The van der Waals surface area contributed by atoms with Gasteiger partial charge >= 0.3 is 0 Å². The van der Waals surface area contributed by atoms with Crippen molar-refractivity contribution in [1.29, 1.82) is 0 Å². The number of hydrogen-bond acceptors (Lipinski definition) is 3. The summed E-state index contributed by atoms with van der Waals surface area (Å²) in [5.41, 5.74) is 1.18. The van der Waals surface area contributed by atoms with Crippen LogP contribution in [0, 0.1) is 6.92 Å². The first kappa shape index (κ1) is 20.8. The Morgan fingerprint density at radius 1 is 1.42 bits per heavy atom. The molecular weight excluding hydrogens is 463 g/mol. The predicted octanol–water partition coefficient (Wildman–Crippen LogP) is 2.91. The quantitative estimate of drug-likeness (QED) is 0.386. The lowest BCUT2D eigenvalue weighted by Crippen LogP contribution is -2.45. The standard InChI is InChI=1S/C18H25ClN6.HI/c1-14-21-7-10-24(14)11-8-22-18(20-2)23-16-6-9-25(13-16)17-5-3-4-15(19)12-17;/h3-5,7,10,12,16H,6,8-9,11,13H2,1-2H3,(H2,20,22,23);1H. The number of imidazole rings is 1. The molecule has 1 fully saturated rings. The molecule has 1 unspecified atom stereocenters. The molecule has 1 aliphatic heterocycles. The van der Waals surface area contributed by atoms with Gasteiger partial charge in [-0.2, -0.15) is 0 Å². The first-order chi connectivity index (χ1) is 12.2. The lowest BCUT2D eigenvalue weighted by Gasteiger charge is -2.20. The summed E-state index contributed by atoms with van der Waals surface area (Å²) in [4.78, 5) is 10.9. The molecule has 1 aromatic carbocycles. The van der Waals surface area contributed by atoms with Gasteiger partial charge in [0.05, 0.1) is 0 Å². The zero-order valence-corrected chi connectivity index (χ0v) is 18.2. The number of guanidine groups is 1. The number of nitrogens with one attached hydrogen (secondary N) is 2. The van der Waals surface area contributed by atoms with Gasteiger partial charge in [0.25, 0.3) is 0 Å². The summed E-state index contributed by atoms with van der Waals surface area (Å²) < 4.78 is 2.12. The number of nitrogens with zero attached hydrogens (tertiary/aromatic N) is 4. The fourth-order valence-corrected chi connectivity index (χ4v) is 3.29. The maximum Gasteiger partial charge on any atom is 0.191 e. The monoisotopic (exact) mass is 488 g/mol. The van der Waals surface area contributed by atoms with E-state index >= 15 is 0 Å². The Morgan fingerprint density at radius 3 is 2.96 bits per heavy atom. The van der Waals surface area contributed by atoms with Gasteiger partial charge in [0.15, 0.2) is 5.96 Å². The van der Waals surface area contributed by atoms with E-state index in [1.54, 1.807) is 0 Å². The molecule has 0 saturated carbocycles. The number of benzene rings is 1. The predicted molar refractivity (Wildman–Crippen MR) is 119 cm³/mol. The van der Waals surface area contributed by atoms with Crippen molar-refractivity contribution in [2.45, 2.75) is 25.9 Å². The van der Waals surface area contributed by atoms with Crippen LogP contribution < -0.4 is 15.5 Å². The van der Waals surface area contributed by atoms with Crippen molar-refractivity contribution in [3.05, 3.63) is 47.5 Å². The summed E-state index contributed by atoms with van der Waals surface area (Å²) >= 11 is 6.10. The molecule has 2 N–H and O–H groups in total. The van der Waals surface area contributed by atoms with Crippen molar-refractivity contribution >= 4 is 47.2 Å². The van der Waals surface area contributed by atoms with Crippen molar-refractivity contribution in [3.8, 4) is 0 Å². The SMILES string of the molecule is CN=C(NCCn1ccnc1C)NC1CCN(c2cccc(Cl)c2)C1.I. The van der Waals surface area contributed by atoms with Crippen molar-refractivity contribution in [2.75, 3.05) is 31.6 Å². The summed E-state index contributed by atoms with van der Waals surface area (Å²) in [7, 11) is 1.81. The van der Waals surface area contributed by atoms with Crippen LogP contribution in [-0.4, -0.2) is 48.2 Å². The third-order valence-electron chi connectivity index (χ3n) is 4.49. The molecule has 0 amide bonds. The summed E-state index contributed by atoms with van der Waals surface area (Å²) in [5.74, 6) is 1.87. The zero-order chi connectivity index (χ0) is 17.6. The van der Waals surface area contributed by atoms with Gasteiger partial charge < -0.3 is 20.1 Å². The number of aromatic nitrogens is 2. The van der Waals surface area contributed by atoms with E-state index in [2.05, 4.69) is 36.1 Å². The van der Waals surface area contributed by atoms with Gasteiger partial charge in [-0.1, -0.05) is 17.7 Å². The number of aryl methyl sites for hydroxylation is 1. The Bertz CT molecular complexity index is 732. The van der Waals surface area contributed by atoms with E-state index in [1.807, 2.05) is 44.6 Å². The number of hydrogen-bond donors (Lipinski definition) is 2. The normalized spacial score (nSPS) is 17.1. The molecule has 1 aromatic heterocycles. The summed E-state index contributed by atoms with van der Waals surface area (Å²) in [6.07, 6.45) is 4.90. The molecule has 6 nitrogen and oxygen atoms in total. The zero-order valence-electron chi connectivity index (χ0n) is 15.2. The van der Waals surface area contributed by atoms with E-state index in [0.717, 1.165) is 49.4 Å². The van der Waals surface area contributed by atoms with E-state index in [0.29, 0.717) is 6.04 Å². The molecule has 2 heterocycles. The second-order valence-corrected chi connectivity index (χ2v) is 6.66. The van der Waals surface area contributed by atoms with Crippen molar-refractivity contribution in [2.24, 2.45) is 4.99 Å². The van der Waals surface area contributed by atoms with E-state index < -0.39 is 0 Å². The van der Waals surface area contributed by atoms with E-state index in [4.69, 9.17) is 11.6 Å². The van der Waals surface area contributed by atoms with Crippen LogP contribution in [0.2, 0.25) is 5.02 Å². The third-order valence-corrected chi connectivity index (χ3v) is 4.73. The minimum atomic E-state index is 0. The molecule has 1 aliphatic rings. The summed E-state index contributed by atoms with van der Waals surface area (Å²) in [6.45, 7) is 5.65. The first-order valence-electron chi connectivity index (χ1n) is 8.61. The van der Waals surface area contributed by atoms with Crippen LogP contribution in [0.3, 0.4) is 0 Å². The number of anilines is 1. The second-order valence-electron chi connectivity index (χ2n) is 6.22. The Kier molecular flexibility index (Phi) is 8.02. The molecule has 142 valence electrons. The largest absolute Gasteiger partial charge is 0.369 e. The average molecular weight is 489 g/mol. The molecule has 1 saturated heterocycles. The van der Waals surface area contributed by atoms with Crippen LogP contribution in [0.1, 0.15) is 12.2 Å². The smallest absolute Gasteiger partial charge is 0.191 e. The highest BCUT2D eigenvalue weighted by Crippen LogP contribution is 2.23. The highest BCUT2D eigenvalue weighted by molar-refractivity contribution is 14.0. The molecule has 1 atom stereocenters. The van der Waals surface area contributed by atoms with Crippen molar-refractivity contribution in [3.63, 3.8) is 0 Å². The van der Waals surface area contributed by atoms with Crippen LogP contribution in [0.25, 0.3) is 0 Å². The van der Waals surface area contributed by atoms with E-state index in [1.165, 1.54) is 5.69 Å². The number of aliphatic imine (C=N–C) groups is 1. The molecule has 26 heavy (non-hydrogen) atoms. The molecular formula is C18H26ClIN6. The maximum atomic E-state index is 6.10. The highest BCUT2D eigenvalue weighted by atomic mass is 127. The molecule has 0 bridgehead atoms. The molecule has 0 aliphatic carbocycles. The fraction of sp³-hybridized carbons (Fsp3) is 0.444. The molecule has 0 spiro atoms. The highest BCUT2D eigenvalue weighted by Gasteiger charge is 2.23. The van der Waals surface area contributed by atoms with Gasteiger partial charge in [0, 0.05) is 62.4 Å². The van der Waals surface area contributed by atoms with Crippen molar-refractivity contribution in [1.82, 2.24) is 20.2 Å². The molecule has 0 radical (unpaired) electrons. The summed E-state index contributed by atoms with van der Waals surface area (Å²) in [6, 6.07) is 8.40. The van der Waals surface area contributed by atoms with Gasteiger partial charge in [-0.3, -0.25) is 4.99 Å². The van der Waals surface area contributed by atoms with Gasteiger partial charge in [-0.15, -0.1) is 24.0 Å². The minimum Gasteiger partial charge on any atom is -0.369 e. The topological polar surface area (TPSA) is 57.5 Å². The first-order valence-corrected chi connectivity index (χ1v) is 8.99. The Balaban J connectivity index is 0.00000243. The van der Waals surface area contributed by atoms with Crippen molar-refractivity contribution < 1.29 is 0 Å². The molecule has 8 heteroatoms. The van der Waals surface area contributed by atoms with Crippen LogP contribution >= 0.6 is 35.6 Å². The van der Waals surface area contributed by atoms with Gasteiger partial charge in [0.2, 0.25) is 0 Å². The lowest BCUT2D eigenvalue weighted by atomic mass is 10.3. The minimum absolute atomic E-state index is 0. The summed E-state index contributed by atoms with van der Waals surface area (Å²) in [5, 5.41) is 7.67. The number of halogens is 2. The van der Waals surface area contributed by atoms with E-state index in [-0.39, 0.29) is 24.0 Å². The van der Waals surface area contributed by atoms with Crippen LogP contribution in [0.15, 0.2) is 41.7 Å². The second kappa shape index (κ2) is 10.0. The van der Waals surface area contributed by atoms with E-state index in [9.17, 15) is 0 Å². The molecule has 3 rings (SSSR count). The Morgan fingerprint density at radius 2 is 2.27 bits per heavy atom. The Hall–Kier alpha value is -1.48. The molecule has 2 aromatic rings. The maximum absolute atomic E-state index is 6.10. The number of rotatable bonds is 5. The van der Waals surface area contributed by atoms with Gasteiger partial charge in [-0.05, 0) is 31.5 Å². The van der Waals surface area contributed by atoms with Crippen LogP contribution in [0.5, 0.6) is 0 Å². The lowest BCUT2D eigenvalue weighted by molar-refractivity contribution is 0.618. The van der Waals surface area contributed by atoms with Crippen LogP contribution in [0.4, 0.5) is 5.69 Å². The average Bonchev–Trinajstić information content (AvgIpc) is 3.23. The fourth-order valence-electron chi connectivity index (χ4n) is 3.11. The Labute approximate surface area is 177 Å².